The summed E-state index contributed by atoms with van der Waals surface area (Å²) in [4.78, 5) is 64.1. The van der Waals surface area contributed by atoms with Crippen LogP contribution in [0.4, 0.5) is 0 Å². The summed E-state index contributed by atoms with van der Waals surface area (Å²) in [6, 6.07) is 7.05. The number of aromatic nitrogens is 1. The second kappa shape index (κ2) is 12.4. The zero-order chi connectivity index (χ0) is 38.9. The predicted octanol–water partition coefficient (Wildman–Crippen LogP) is 3.58. The molecule has 1 aliphatic carbocycles. The van der Waals surface area contributed by atoms with E-state index in [1.54, 1.807) is 6.92 Å². The molecule has 8 aliphatic rings. The molecule has 8 heterocycles. The molecule has 2 N–H and O–H groups in total. The molecule has 1 unspecified atom stereocenters. The largest absolute Gasteiger partial charge is 0.492 e. The molecular formula is C41H39N5O9S. The number of likely N-dealkylation sites (N-methyl/N-ethyl adjacent to an activating group) is 1. The second-order valence-electron chi connectivity index (χ2n) is 15.5. The first-order valence-corrected chi connectivity index (χ1v) is 19.8. The number of ketones is 2. The predicted molar refractivity (Wildman–Crippen MR) is 201 cm³/mol. The van der Waals surface area contributed by atoms with Crippen LogP contribution < -0.4 is 19.5 Å². The third-order valence-corrected chi connectivity index (χ3v) is 14.4. The number of esters is 2. The summed E-state index contributed by atoms with van der Waals surface area (Å²) >= 11 is 1.46. The van der Waals surface area contributed by atoms with Crippen LogP contribution >= 0.6 is 11.8 Å². The average molecular weight is 778 g/mol. The topological polar surface area (TPSA) is 173 Å². The zero-order valence-corrected chi connectivity index (χ0v) is 32.3. The van der Waals surface area contributed by atoms with Gasteiger partial charge in [0, 0.05) is 75.6 Å². The minimum absolute atomic E-state index is 0.00178. The van der Waals surface area contributed by atoms with Crippen molar-refractivity contribution >= 4 is 46.2 Å². The van der Waals surface area contributed by atoms with Crippen LogP contribution in [-0.4, -0.2) is 102 Å². The number of thioether (sulfide) groups is 1. The maximum absolute atomic E-state index is 14.8. The molecule has 2 aromatic carbocycles. The number of benzene rings is 2. The van der Waals surface area contributed by atoms with Gasteiger partial charge in [-0.25, -0.2) is 4.79 Å². The smallest absolute Gasteiger partial charge is 0.333 e. The fourth-order valence-corrected chi connectivity index (χ4v) is 12.3. The van der Waals surface area contributed by atoms with Crippen molar-refractivity contribution in [2.24, 2.45) is 0 Å². The van der Waals surface area contributed by atoms with E-state index in [1.807, 2.05) is 38.2 Å². The lowest BCUT2D eigenvalue weighted by Gasteiger charge is -2.62. The number of hydrogen-bond donors (Lipinski definition) is 2. The molecule has 288 valence electrons. The van der Waals surface area contributed by atoms with E-state index in [1.165, 1.54) is 25.8 Å². The molecule has 7 aliphatic heterocycles. The van der Waals surface area contributed by atoms with Crippen LogP contribution in [-0.2, 0) is 40.6 Å². The lowest BCUT2D eigenvalue weighted by molar-refractivity contribution is -0.157. The van der Waals surface area contributed by atoms with Gasteiger partial charge >= 0.3 is 11.9 Å². The Labute approximate surface area is 326 Å². The Morgan fingerprint density at radius 1 is 1.09 bits per heavy atom. The number of Topliss-reactive ketones (excluding diaryl/α,β-unsaturated/α-hetero) is 2. The molecule has 14 nitrogen and oxygen atoms in total. The van der Waals surface area contributed by atoms with Gasteiger partial charge in [-0.3, -0.25) is 29.5 Å². The van der Waals surface area contributed by atoms with Crippen molar-refractivity contribution in [2.75, 3.05) is 39.9 Å². The molecule has 0 radical (unpaired) electrons. The number of hydrogen-bond acceptors (Lipinski definition) is 14. The van der Waals surface area contributed by atoms with Gasteiger partial charge in [0.05, 0.1) is 36.2 Å². The molecule has 0 saturated carbocycles. The van der Waals surface area contributed by atoms with Crippen LogP contribution in [0.1, 0.15) is 59.5 Å². The number of carbonyl (C=O) groups is 4. The Balaban J connectivity index is 1.25. The van der Waals surface area contributed by atoms with Gasteiger partial charge in [0.25, 0.3) is 0 Å². The maximum atomic E-state index is 14.8. The Morgan fingerprint density at radius 3 is 2.64 bits per heavy atom. The first-order valence-electron chi connectivity index (χ1n) is 18.8. The van der Waals surface area contributed by atoms with Crippen molar-refractivity contribution in [3.8, 4) is 23.3 Å². The molecule has 1 spiro atoms. The number of carbonyl (C=O) groups excluding carboxylic acids is 4. The number of methoxy groups -OCH3 is 1. The van der Waals surface area contributed by atoms with Gasteiger partial charge in [0.15, 0.2) is 28.6 Å². The van der Waals surface area contributed by atoms with E-state index in [2.05, 4.69) is 26.2 Å². The lowest BCUT2D eigenvalue weighted by atomic mass is 9.68. The van der Waals surface area contributed by atoms with E-state index in [0.717, 1.165) is 22.2 Å². The summed E-state index contributed by atoms with van der Waals surface area (Å²) in [7, 11) is 3.29. The van der Waals surface area contributed by atoms with Crippen LogP contribution in [0.5, 0.6) is 17.2 Å². The van der Waals surface area contributed by atoms with Gasteiger partial charge in [0.2, 0.25) is 12.6 Å². The van der Waals surface area contributed by atoms with Gasteiger partial charge in [-0.1, -0.05) is 18.2 Å². The van der Waals surface area contributed by atoms with Crippen molar-refractivity contribution in [3.63, 3.8) is 0 Å². The SMILES string of the molecule is COC1=C(C)C(=O)C2=C(C1=O)[C@H]1C3[C@@H]4SC[C@]5(NCCc6c5[nH]c5ccccc65)C(=O)OC[C@H](c5c6c(c(C)c(OC(C)=O)c54)OCO6)N3[C@@H](C#N)[C@H](C2)N1C. The normalized spacial score (nSPS) is 30.8. The van der Waals surface area contributed by atoms with E-state index in [4.69, 9.17) is 23.7 Å². The molecule has 7 atom stereocenters. The summed E-state index contributed by atoms with van der Waals surface area (Å²) < 4.78 is 30.4. The number of H-pyrrole nitrogens is 1. The summed E-state index contributed by atoms with van der Waals surface area (Å²) in [6.45, 7) is 4.99. The molecule has 2 saturated heterocycles. The third kappa shape index (κ3) is 4.49. The number of allylic oxidation sites excluding steroid dienone is 2. The fourth-order valence-electron chi connectivity index (χ4n) is 10.6. The number of rotatable bonds is 2. The van der Waals surface area contributed by atoms with Crippen LogP contribution in [0.3, 0.4) is 0 Å². The van der Waals surface area contributed by atoms with Crippen molar-refractivity contribution < 1.29 is 42.9 Å². The minimum atomic E-state index is -1.30. The molecule has 3 aromatic rings. The molecular weight excluding hydrogens is 739 g/mol. The van der Waals surface area contributed by atoms with Gasteiger partial charge in [-0.05, 0) is 45.4 Å². The quantitative estimate of drug-likeness (QED) is 0.220. The van der Waals surface area contributed by atoms with E-state index < -0.39 is 52.9 Å². The number of para-hydroxylation sites is 1. The fraction of sp³-hybridized carbons (Fsp3) is 0.439. The number of piperazine rings is 1. The van der Waals surface area contributed by atoms with Crippen LogP contribution in [0.15, 0.2) is 46.7 Å². The summed E-state index contributed by atoms with van der Waals surface area (Å²) in [5, 5.41) is 15.1. The Hall–Kier alpha value is -5.14. The molecule has 2 fully saturated rings. The Bertz CT molecular complexity index is 2450. The Kier molecular flexibility index (Phi) is 7.83. The van der Waals surface area contributed by atoms with Gasteiger partial charge in [-0.2, -0.15) is 5.26 Å². The highest BCUT2D eigenvalue weighted by Crippen LogP contribution is 2.63. The molecule has 56 heavy (non-hydrogen) atoms. The number of nitrogens with one attached hydrogen (secondary N) is 2. The first-order chi connectivity index (χ1) is 27.0. The highest BCUT2D eigenvalue weighted by Gasteiger charge is 2.63. The van der Waals surface area contributed by atoms with Crippen molar-refractivity contribution in [3.05, 3.63) is 74.7 Å². The van der Waals surface area contributed by atoms with Crippen molar-refractivity contribution in [1.29, 1.82) is 5.26 Å². The number of fused-ring (bicyclic) bond motifs is 10. The zero-order valence-electron chi connectivity index (χ0n) is 31.4. The first kappa shape index (κ1) is 35.3. The number of ether oxygens (including phenoxy) is 5. The molecule has 1 aromatic heterocycles. The van der Waals surface area contributed by atoms with Crippen LogP contribution in [0, 0.1) is 18.3 Å². The molecule has 0 amide bonds. The van der Waals surface area contributed by atoms with Gasteiger partial charge < -0.3 is 28.7 Å². The van der Waals surface area contributed by atoms with E-state index >= 15 is 0 Å². The molecule has 11 rings (SSSR count). The lowest BCUT2D eigenvalue weighted by Crippen LogP contribution is -2.73. The maximum Gasteiger partial charge on any atom is 0.333 e. The summed E-state index contributed by atoms with van der Waals surface area (Å²) in [5.41, 5.74) is 4.14. The number of aromatic amines is 1. The highest BCUT2D eigenvalue weighted by molar-refractivity contribution is 7.99. The standard InChI is InChI=1S/C41H39N5O9S/c1-17-32(48)22-12-24-25(13-42)46-26-14-52-40(50)41(39-21(10-11-43-41)20-8-6-7-9-23(20)44-39)15-56-38(31(46)30(45(24)4)27(22)33(49)35(17)51-5)29-28(26)37-36(53-16-54-37)18(2)34(29)55-19(3)47/h6-9,24-26,30-31,38,43-44H,10-12,14-16H2,1-5H3/t24-,25-,26+,30-,31?,38+,41+/m0/s1. The van der Waals surface area contributed by atoms with Crippen molar-refractivity contribution in [2.45, 2.75) is 74.6 Å². The minimum Gasteiger partial charge on any atom is -0.492 e. The summed E-state index contributed by atoms with van der Waals surface area (Å²) in [6.07, 6.45) is 0.865. The van der Waals surface area contributed by atoms with E-state index in [0.29, 0.717) is 58.1 Å². The number of nitriles is 1. The van der Waals surface area contributed by atoms with E-state index in [-0.39, 0.29) is 48.5 Å². The third-order valence-electron chi connectivity index (χ3n) is 12.9. The Morgan fingerprint density at radius 2 is 1.88 bits per heavy atom. The van der Waals surface area contributed by atoms with Crippen LogP contribution in [0.2, 0.25) is 0 Å². The highest BCUT2D eigenvalue weighted by atomic mass is 32.2. The molecule has 15 heteroatoms. The number of nitrogens with zero attached hydrogens (tertiary/aromatic N) is 3. The van der Waals surface area contributed by atoms with Crippen LogP contribution in [0.25, 0.3) is 10.9 Å². The average Bonchev–Trinajstić information content (AvgIpc) is 3.83. The summed E-state index contributed by atoms with van der Waals surface area (Å²) in [5.74, 6) is -0.337. The van der Waals surface area contributed by atoms with Crippen molar-refractivity contribution in [1.82, 2.24) is 20.1 Å². The van der Waals surface area contributed by atoms with Gasteiger partial charge in [0.1, 0.15) is 18.4 Å². The van der Waals surface area contributed by atoms with E-state index in [9.17, 15) is 24.4 Å². The second-order valence-corrected chi connectivity index (χ2v) is 16.6. The molecule has 4 bridgehead atoms. The monoisotopic (exact) mass is 777 g/mol. The van der Waals surface area contributed by atoms with Gasteiger partial charge in [-0.15, -0.1) is 11.8 Å².